The molecule has 0 spiro atoms. The molecule has 2 heterocycles. The molecule has 10 heteroatoms. The van der Waals surface area contributed by atoms with E-state index in [1.54, 1.807) is 43.7 Å². The Balaban J connectivity index is 1.29. The molecule has 1 amide bonds. The molecule has 0 aliphatic carbocycles. The van der Waals surface area contributed by atoms with E-state index in [2.05, 4.69) is 23.7 Å². The third kappa shape index (κ3) is 7.04. The van der Waals surface area contributed by atoms with Crippen molar-refractivity contribution < 1.29 is 14.3 Å². The fourth-order valence-corrected chi connectivity index (χ4v) is 6.10. The first-order chi connectivity index (χ1) is 24.0. The summed E-state index contributed by atoms with van der Waals surface area (Å²) in [5.74, 6) is 1.74. The maximum Gasteiger partial charge on any atom is 0.282 e. The second-order valence-corrected chi connectivity index (χ2v) is 12.8. The van der Waals surface area contributed by atoms with Gasteiger partial charge in [0.05, 0.1) is 24.2 Å². The van der Waals surface area contributed by atoms with Gasteiger partial charge in [0.2, 0.25) is 0 Å². The predicted octanol–water partition coefficient (Wildman–Crippen LogP) is 8.46. The van der Waals surface area contributed by atoms with Crippen LogP contribution < -0.4 is 20.3 Å². The van der Waals surface area contributed by atoms with E-state index < -0.39 is 0 Å². The molecule has 0 fully saturated rings. The summed E-state index contributed by atoms with van der Waals surface area (Å²) in [6, 6.07) is 27.8. The summed E-state index contributed by atoms with van der Waals surface area (Å²) in [7, 11) is 1.67. The number of benzene rings is 4. The number of anilines is 1. The quantitative estimate of drug-likeness (QED) is 0.146. The standard InChI is InChI=1S/C40H38ClN5O4/c1-24(2)34-21-35(25(3)19-37(34)49-6)39-44-36-10-8-7-9-33(36)40(48)46(39)42-22-28-20-26(4)45(27(28)5)31-15-17-32(18-16-31)50-23-38(47)43-30-13-11-29(41)12-14-30/h7-22,24H,23H2,1-6H3,(H,43,47). The fourth-order valence-electron chi connectivity index (χ4n) is 5.98. The SMILES string of the molecule is COc1cc(C)c(-c2nc3ccccc3c(=O)n2N=Cc2cc(C)n(-c3ccc(OCC(=O)Nc4ccc(Cl)cc4)cc3)c2C)cc1C(C)C. The van der Waals surface area contributed by atoms with Crippen molar-refractivity contribution in [2.24, 2.45) is 5.10 Å². The number of aryl methyl sites for hydroxylation is 2. The Bertz CT molecular complexity index is 2290. The van der Waals surface area contributed by atoms with Crippen molar-refractivity contribution in [1.29, 1.82) is 0 Å². The summed E-state index contributed by atoms with van der Waals surface area (Å²) in [6.45, 7) is 10.1. The molecule has 2 aromatic heterocycles. The number of carbonyl (C=O) groups excluding carboxylic acids is 1. The van der Waals surface area contributed by atoms with E-state index in [1.807, 2.05) is 81.4 Å². The number of hydrogen-bond acceptors (Lipinski definition) is 6. The highest BCUT2D eigenvalue weighted by Gasteiger charge is 2.19. The molecule has 50 heavy (non-hydrogen) atoms. The van der Waals surface area contributed by atoms with E-state index in [0.717, 1.165) is 45.1 Å². The lowest BCUT2D eigenvalue weighted by atomic mass is 9.96. The van der Waals surface area contributed by atoms with Crippen LogP contribution in [0.15, 0.2) is 101 Å². The Morgan fingerprint density at radius 3 is 2.40 bits per heavy atom. The molecule has 6 rings (SSSR count). The first-order valence-corrected chi connectivity index (χ1v) is 16.6. The lowest BCUT2D eigenvalue weighted by molar-refractivity contribution is -0.118. The summed E-state index contributed by atoms with van der Waals surface area (Å²) in [4.78, 5) is 31.3. The van der Waals surface area contributed by atoms with E-state index in [0.29, 0.717) is 33.2 Å². The van der Waals surface area contributed by atoms with Gasteiger partial charge in [0.1, 0.15) is 11.5 Å². The van der Waals surface area contributed by atoms with Crippen LogP contribution in [0.4, 0.5) is 5.69 Å². The first-order valence-electron chi connectivity index (χ1n) is 16.3. The van der Waals surface area contributed by atoms with Crippen LogP contribution in [0, 0.1) is 20.8 Å². The molecule has 9 nitrogen and oxygen atoms in total. The van der Waals surface area contributed by atoms with E-state index in [1.165, 1.54) is 4.68 Å². The fraction of sp³-hybridized carbons (Fsp3) is 0.200. The zero-order valence-corrected chi connectivity index (χ0v) is 29.6. The number of ether oxygens (including phenoxy) is 2. The molecule has 1 N–H and O–H groups in total. The summed E-state index contributed by atoms with van der Waals surface area (Å²) in [5, 5.41) is 8.64. The van der Waals surface area contributed by atoms with Gasteiger partial charge in [0.25, 0.3) is 11.5 Å². The molecule has 0 saturated heterocycles. The largest absolute Gasteiger partial charge is 0.496 e. The minimum atomic E-state index is -0.274. The zero-order chi connectivity index (χ0) is 35.5. The summed E-state index contributed by atoms with van der Waals surface area (Å²) >= 11 is 5.92. The van der Waals surface area contributed by atoms with Gasteiger partial charge in [-0.25, -0.2) is 4.98 Å². The molecule has 6 aromatic rings. The van der Waals surface area contributed by atoms with Crippen LogP contribution in [0.1, 0.15) is 47.8 Å². The summed E-state index contributed by atoms with van der Waals surface area (Å²) in [6.07, 6.45) is 1.71. The van der Waals surface area contributed by atoms with Gasteiger partial charge in [0.15, 0.2) is 12.4 Å². The Labute approximate surface area is 295 Å². The number of methoxy groups -OCH3 is 1. The number of fused-ring (bicyclic) bond motifs is 1. The van der Waals surface area contributed by atoms with Gasteiger partial charge in [-0.15, -0.1) is 0 Å². The maximum atomic E-state index is 13.9. The molecule has 0 unspecified atom stereocenters. The number of hydrogen-bond donors (Lipinski definition) is 1. The van der Waals surface area contributed by atoms with Crippen molar-refractivity contribution in [2.45, 2.75) is 40.5 Å². The van der Waals surface area contributed by atoms with E-state index >= 15 is 0 Å². The van der Waals surface area contributed by atoms with Crippen LogP contribution in [-0.4, -0.2) is 40.1 Å². The average Bonchev–Trinajstić information content (AvgIpc) is 3.39. The highest BCUT2D eigenvalue weighted by molar-refractivity contribution is 6.30. The lowest BCUT2D eigenvalue weighted by Crippen LogP contribution is -2.21. The molecular weight excluding hydrogens is 650 g/mol. The molecule has 0 atom stereocenters. The van der Waals surface area contributed by atoms with E-state index in [9.17, 15) is 9.59 Å². The number of para-hydroxylation sites is 1. The number of aromatic nitrogens is 3. The highest BCUT2D eigenvalue weighted by Crippen LogP contribution is 2.34. The van der Waals surface area contributed by atoms with Crippen LogP contribution >= 0.6 is 11.6 Å². The molecule has 0 bridgehead atoms. The molecule has 0 aliphatic rings. The number of halogens is 1. The van der Waals surface area contributed by atoms with Crippen molar-refractivity contribution in [3.8, 4) is 28.6 Å². The first kappa shape index (κ1) is 34.2. The average molecular weight is 688 g/mol. The van der Waals surface area contributed by atoms with Crippen molar-refractivity contribution in [1.82, 2.24) is 14.2 Å². The van der Waals surface area contributed by atoms with Gasteiger partial charge in [0, 0.05) is 38.9 Å². The maximum absolute atomic E-state index is 13.9. The second-order valence-electron chi connectivity index (χ2n) is 12.4. The smallest absolute Gasteiger partial charge is 0.282 e. The number of rotatable bonds is 10. The third-order valence-corrected chi connectivity index (χ3v) is 8.82. The van der Waals surface area contributed by atoms with Gasteiger partial charge < -0.3 is 19.4 Å². The Hall–Kier alpha value is -5.67. The van der Waals surface area contributed by atoms with E-state index in [-0.39, 0.29) is 24.0 Å². The van der Waals surface area contributed by atoms with Crippen molar-refractivity contribution in [3.05, 3.63) is 134 Å². The molecule has 0 aliphatic heterocycles. The van der Waals surface area contributed by atoms with Crippen molar-refractivity contribution in [3.63, 3.8) is 0 Å². The van der Waals surface area contributed by atoms with Crippen molar-refractivity contribution >= 4 is 40.3 Å². The number of nitrogens with zero attached hydrogens (tertiary/aromatic N) is 4. The Kier molecular flexibility index (Phi) is 9.88. The van der Waals surface area contributed by atoms with Gasteiger partial charge in [-0.1, -0.05) is 37.6 Å². The normalized spacial score (nSPS) is 11.4. The molecular formula is C40H38ClN5O4. The predicted molar refractivity (Wildman–Crippen MR) is 201 cm³/mol. The summed E-state index contributed by atoms with van der Waals surface area (Å²) in [5.41, 5.74) is 7.43. The zero-order valence-electron chi connectivity index (χ0n) is 28.8. The second kappa shape index (κ2) is 14.4. The molecule has 0 radical (unpaired) electrons. The van der Waals surface area contributed by atoms with Crippen LogP contribution in [0.2, 0.25) is 5.02 Å². The van der Waals surface area contributed by atoms with Gasteiger partial charge >= 0.3 is 0 Å². The van der Waals surface area contributed by atoms with Gasteiger partial charge in [-0.3, -0.25) is 9.59 Å². The minimum absolute atomic E-state index is 0.135. The third-order valence-electron chi connectivity index (χ3n) is 8.57. The number of carbonyl (C=O) groups is 1. The van der Waals surface area contributed by atoms with Crippen LogP contribution in [0.5, 0.6) is 11.5 Å². The van der Waals surface area contributed by atoms with E-state index in [4.69, 9.17) is 31.2 Å². The van der Waals surface area contributed by atoms with Crippen LogP contribution in [-0.2, 0) is 4.79 Å². The molecule has 4 aromatic carbocycles. The molecule has 0 saturated carbocycles. The Morgan fingerprint density at radius 2 is 1.70 bits per heavy atom. The highest BCUT2D eigenvalue weighted by atomic mass is 35.5. The van der Waals surface area contributed by atoms with Crippen molar-refractivity contribution in [2.75, 3.05) is 19.0 Å². The van der Waals surface area contributed by atoms with Gasteiger partial charge in [-0.2, -0.15) is 9.78 Å². The summed E-state index contributed by atoms with van der Waals surface area (Å²) < 4.78 is 14.9. The topological polar surface area (TPSA) is 99.7 Å². The number of nitrogens with one attached hydrogen (secondary N) is 1. The van der Waals surface area contributed by atoms with Crippen LogP contribution in [0.3, 0.4) is 0 Å². The number of amides is 1. The van der Waals surface area contributed by atoms with Crippen LogP contribution in [0.25, 0.3) is 28.0 Å². The Morgan fingerprint density at radius 1 is 0.980 bits per heavy atom. The minimum Gasteiger partial charge on any atom is -0.496 e. The monoisotopic (exact) mass is 687 g/mol. The lowest BCUT2D eigenvalue weighted by Gasteiger charge is -2.17. The molecule has 254 valence electrons. The van der Waals surface area contributed by atoms with Gasteiger partial charge in [-0.05, 0) is 117 Å².